The molecule has 0 fully saturated rings. The van der Waals surface area contributed by atoms with Gasteiger partial charge in [-0.05, 0) is 37.1 Å². The van der Waals surface area contributed by atoms with Crippen LogP contribution in [-0.2, 0) is 6.42 Å². The van der Waals surface area contributed by atoms with Crippen LogP contribution in [0.3, 0.4) is 0 Å². The van der Waals surface area contributed by atoms with E-state index in [4.69, 9.17) is 0 Å². The van der Waals surface area contributed by atoms with Crippen molar-refractivity contribution in [2.45, 2.75) is 26.2 Å². The average molecular weight is 254 g/mol. The van der Waals surface area contributed by atoms with Crippen molar-refractivity contribution >= 4 is 11.0 Å². The van der Waals surface area contributed by atoms with Crippen LogP contribution in [0.4, 0.5) is 0 Å². The molecule has 0 aliphatic rings. The summed E-state index contributed by atoms with van der Waals surface area (Å²) in [4.78, 5) is 8.26. The molecule has 3 heterocycles. The fraction of sp³-hybridized carbons (Fsp3) is 0.267. The van der Waals surface area contributed by atoms with Crippen LogP contribution in [-0.4, -0.2) is 20.2 Å². The van der Waals surface area contributed by atoms with Gasteiger partial charge in [0.2, 0.25) is 0 Å². The number of aromatic amines is 1. The first-order chi connectivity index (χ1) is 9.40. The van der Waals surface area contributed by atoms with Gasteiger partial charge < -0.3 is 0 Å². The number of aromatic nitrogens is 4. The number of H-pyrrole nitrogens is 1. The van der Waals surface area contributed by atoms with Gasteiger partial charge in [0.1, 0.15) is 5.52 Å². The van der Waals surface area contributed by atoms with E-state index < -0.39 is 0 Å². The Kier molecular flexibility index (Phi) is 5.05. The Labute approximate surface area is 112 Å². The quantitative estimate of drug-likeness (QED) is 0.779. The molecule has 19 heavy (non-hydrogen) atoms. The second kappa shape index (κ2) is 7.26. The van der Waals surface area contributed by atoms with Crippen LogP contribution in [0.15, 0.2) is 48.9 Å². The van der Waals surface area contributed by atoms with E-state index in [9.17, 15) is 0 Å². The van der Waals surface area contributed by atoms with E-state index in [2.05, 4.69) is 33.2 Å². The zero-order chi connectivity index (χ0) is 13.3. The maximum Gasteiger partial charge on any atom is 0.108 e. The fourth-order valence-corrected chi connectivity index (χ4v) is 1.68. The number of hydrogen-bond acceptors (Lipinski definition) is 3. The third kappa shape index (κ3) is 4.17. The van der Waals surface area contributed by atoms with Crippen molar-refractivity contribution in [3.8, 4) is 0 Å². The third-order valence-electron chi connectivity index (χ3n) is 2.72. The Bertz CT molecular complexity index is 559. The van der Waals surface area contributed by atoms with Crippen LogP contribution in [0.2, 0.25) is 0 Å². The topological polar surface area (TPSA) is 54.5 Å². The predicted octanol–water partition coefficient (Wildman–Crippen LogP) is 3.38. The SMILES string of the molecule is CCCCc1ccccn1.c1cnc2cn[nH]c2c1. The molecule has 1 N–H and O–H groups in total. The zero-order valence-corrected chi connectivity index (χ0v) is 11.1. The molecule has 3 aromatic rings. The highest BCUT2D eigenvalue weighted by Gasteiger charge is 1.90. The maximum atomic E-state index is 4.22. The van der Waals surface area contributed by atoms with E-state index in [1.54, 1.807) is 12.4 Å². The molecule has 0 spiro atoms. The van der Waals surface area contributed by atoms with Gasteiger partial charge in [0.05, 0.1) is 11.7 Å². The molecule has 0 saturated carbocycles. The molecule has 0 aliphatic heterocycles. The number of aryl methyl sites for hydroxylation is 1. The monoisotopic (exact) mass is 254 g/mol. The van der Waals surface area contributed by atoms with Crippen LogP contribution < -0.4 is 0 Å². The smallest absolute Gasteiger partial charge is 0.108 e. The summed E-state index contributed by atoms with van der Waals surface area (Å²) in [5.74, 6) is 0. The summed E-state index contributed by atoms with van der Waals surface area (Å²) in [7, 11) is 0. The minimum Gasteiger partial charge on any atom is -0.276 e. The van der Waals surface area contributed by atoms with Gasteiger partial charge in [-0.3, -0.25) is 15.1 Å². The molecule has 0 aliphatic carbocycles. The molecule has 98 valence electrons. The lowest BCUT2D eigenvalue weighted by atomic mass is 10.2. The van der Waals surface area contributed by atoms with Crippen LogP contribution in [0.1, 0.15) is 25.5 Å². The Morgan fingerprint density at radius 1 is 1.05 bits per heavy atom. The first kappa shape index (κ1) is 13.2. The number of fused-ring (bicyclic) bond motifs is 1. The molecule has 0 unspecified atom stereocenters. The molecule has 0 atom stereocenters. The van der Waals surface area contributed by atoms with Gasteiger partial charge in [-0.2, -0.15) is 5.10 Å². The molecular weight excluding hydrogens is 236 g/mol. The van der Waals surface area contributed by atoms with E-state index in [1.807, 2.05) is 30.5 Å². The van der Waals surface area contributed by atoms with E-state index in [0.717, 1.165) is 17.5 Å². The van der Waals surface area contributed by atoms with Crippen molar-refractivity contribution in [1.29, 1.82) is 0 Å². The lowest BCUT2D eigenvalue weighted by molar-refractivity contribution is 0.777. The lowest BCUT2D eigenvalue weighted by Crippen LogP contribution is -1.86. The Hall–Kier alpha value is -2.23. The van der Waals surface area contributed by atoms with Crippen molar-refractivity contribution < 1.29 is 0 Å². The predicted molar refractivity (Wildman–Crippen MR) is 76.7 cm³/mol. The van der Waals surface area contributed by atoms with Gasteiger partial charge in [0.25, 0.3) is 0 Å². The number of nitrogens with zero attached hydrogens (tertiary/aromatic N) is 3. The minimum absolute atomic E-state index is 0.914. The van der Waals surface area contributed by atoms with Crippen LogP contribution in [0.25, 0.3) is 11.0 Å². The standard InChI is InChI=1S/C9H13N.C6H5N3/c1-2-3-6-9-7-4-5-8-10-9;1-2-5-6(7-3-1)4-8-9-5/h4-5,7-8H,2-3,6H2,1H3;1-4H,(H,8,9). The Morgan fingerprint density at radius 2 is 1.95 bits per heavy atom. The largest absolute Gasteiger partial charge is 0.276 e. The van der Waals surface area contributed by atoms with E-state index >= 15 is 0 Å². The number of hydrogen-bond donors (Lipinski definition) is 1. The normalized spacial score (nSPS) is 9.95. The van der Waals surface area contributed by atoms with Crippen LogP contribution in [0, 0.1) is 0 Å². The molecule has 0 saturated heterocycles. The minimum atomic E-state index is 0.914. The number of nitrogens with one attached hydrogen (secondary N) is 1. The summed E-state index contributed by atoms with van der Waals surface area (Å²) in [6.45, 7) is 2.20. The number of rotatable bonds is 3. The maximum absolute atomic E-state index is 4.22. The zero-order valence-electron chi connectivity index (χ0n) is 11.1. The highest BCUT2D eigenvalue weighted by Crippen LogP contribution is 2.03. The Morgan fingerprint density at radius 3 is 2.68 bits per heavy atom. The van der Waals surface area contributed by atoms with Crippen LogP contribution in [0.5, 0.6) is 0 Å². The number of unbranched alkanes of at least 4 members (excludes halogenated alkanes) is 1. The van der Waals surface area contributed by atoms with Gasteiger partial charge in [-0.15, -0.1) is 0 Å². The fourth-order valence-electron chi connectivity index (χ4n) is 1.68. The molecule has 4 nitrogen and oxygen atoms in total. The summed E-state index contributed by atoms with van der Waals surface area (Å²) in [6, 6.07) is 9.89. The second-order valence-electron chi connectivity index (χ2n) is 4.23. The van der Waals surface area contributed by atoms with Crippen molar-refractivity contribution in [2.24, 2.45) is 0 Å². The van der Waals surface area contributed by atoms with Crippen molar-refractivity contribution in [3.05, 3.63) is 54.6 Å². The van der Waals surface area contributed by atoms with Gasteiger partial charge in [0.15, 0.2) is 0 Å². The van der Waals surface area contributed by atoms with Crippen molar-refractivity contribution in [1.82, 2.24) is 20.2 Å². The summed E-state index contributed by atoms with van der Waals surface area (Å²) in [6.07, 6.45) is 8.92. The van der Waals surface area contributed by atoms with Crippen molar-refractivity contribution in [2.75, 3.05) is 0 Å². The molecule has 3 rings (SSSR count). The first-order valence-corrected chi connectivity index (χ1v) is 6.54. The third-order valence-corrected chi connectivity index (χ3v) is 2.72. The van der Waals surface area contributed by atoms with E-state index in [-0.39, 0.29) is 0 Å². The summed E-state index contributed by atoms with van der Waals surface area (Å²) in [5, 5.41) is 6.62. The van der Waals surface area contributed by atoms with Gasteiger partial charge in [-0.25, -0.2) is 0 Å². The highest BCUT2D eigenvalue weighted by molar-refractivity contribution is 5.72. The number of pyridine rings is 2. The van der Waals surface area contributed by atoms with E-state index in [0.29, 0.717) is 0 Å². The molecule has 0 aromatic carbocycles. The van der Waals surface area contributed by atoms with Gasteiger partial charge in [-0.1, -0.05) is 19.4 Å². The molecular formula is C15H18N4. The lowest BCUT2D eigenvalue weighted by Gasteiger charge is -1.95. The summed E-state index contributed by atoms with van der Waals surface area (Å²) >= 11 is 0. The molecule has 0 amide bonds. The van der Waals surface area contributed by atoms with E-state index in [1.165, 1.54) is 18.5 Å². The van der Waals surface area contributed by atoms with Crippen molar-refractivity contribution in [3.63, 3.8) is 0 Å². The molecule has 3 aromatic heterocycles. The summed E-state index contributed by atoms with van der Waals surface area (Å²) in [5.41, 5.74) is 3.11. The highest BCUT2D eigenvalue weighted by atomic mass is 15.1. The summed E-state index contributed by atoms with van der Waals surface area (Å²) < 4.78 is 0. The van der Waals surface area contributed by atoms with Gasteiger partial charge >= 0.3 is 0 Å². The average Bonchev–Trinajstić information content (AvgIpc) is 2.95. The molecule has 0 bridgehead atoms. The Balaban J connectivity index is 0.000000141. The van der Waals surface area contributed by atoms with Gasteiger partial charge in [0, 0.05) is 18.1 Å². The van der Waals surface area contributed by atoms with Crippen LogP contribution >= 0.6 is 0 Å². The molecule has 4 heteroatoms. The first-order valence-electron chi connectivity index (χ1n) is 6.54. The second-order valence-corrected chi connectivity index (χ2v) is 4.23. The molecule has 0 radical (unpaired) electrons.